The van der Waals surface area contributed by atoms with Gasteiger partial charge in [-0.05, 0) is 83.4 Å². The van der Waals surface area contributed by atoms with Crippen molar-refractivity contribution in [1.82, 2.24) is 0 Å². The molecule has 0 fully saturated rings. The first kappa shape index (κ1) is 28.8. The van der Waals surface area contributed by atoms with Gasteiger partial charge in [0.25, 0.3) is 5.91 Å². The van der Waals surface area contributed by atoms with E-state index in [2.05, 4.69) is 36.5 Å². The number of ether oxygens (including phenoxy) is 2. The maximum atomic E-state index is 12.8. The van der Waals surface area contributed by atoms with E-state index >= 15 is 0 Å². The van der Waals surface area contributed by atoms with Gasteiger partial charge < -0.3 is 14.8 Å². The third-order valence-corrected chi connectivity index (χ3v) is 7.32. The van der Waals surface area contributed by atoms with E-state index in [1.165, 1.54) is 16.3 Å². The number of rotatable bonds is 9. The number of fused-ring (bicyclic) bond motifs is 1. The minimum atomic E-state index is -0.508. The van der Waals surface area contributed by atoms with Crippen molar-refractivity contribution in [2.24, 2.45) is 0 Å². The Balaban J connectivity index is 1.18. The first-order valence-electron chi connectivity index (χ1n) is 13.2. The summed E-state index contributed by atoms with van der Waals surface area (Å²) in [6.45, 7) is 2.79. The highest BCUT2D eigenvalue weighted by molar-refractivity contribution is 6.35. The number of benzene rings is 5. The van der Waals surface area contributed by atoms with Crippen LogP contribution in [0.2, 0.25) is 10.0 Å². The largest absolute Gasteiger partial charge is 0.489 e. The molecule has 5 aromatic rings. The van der Waals surface area contributed by atoms with Crippen molar-refractivity contribution in [2.75, 3.05) is 5.32 Å². The Labute approximate surface area is 254 Å². The van der Waals surface area contributed by atoms with Crippen molar-refractivity contribution < 1.29 is 14.3 Å². The number of amides is 1. The molecule has 5 nitrogen and oxygen atoms in total. The normalized spacial score (nSPS) is 11.1. The monoisotopic (exact) mass is 592 g/mol. The number of hydrogen-bond donors (Lipinski definition) is 1. The number of anilines is 1. The van der Waals surface area contributed by atoms with E-state index in [0.717, 1.165) is 11.1 Å². The highest BCUT2D eigenvalue weighted by Crippen LogP contribution is 2.26. The van der Waals surface area contributed by atoms with Crippen LogP contribution in [0, 0.1) is 18.3 Å². The SMILES string of the molecule is Cc1ccc2ccccc2c1COc1ccc(/C=C(\C#N)C(=O)Nc2ccc(OCc3ccc(Cl)cc3Cl)cc2)cc1. The molecule has 0 saturated heterocycles. The van der Waals surface area contributed by atoms with Crippen molar-refractivity contribution in [3.8, 4) is 17.6 Å². The van der Waals surface area contributed by atoms with Crippen molar-refractivity contribution in [3.05, 3.63) is 141 Å². The lowest BCUT2D eigenvalue weighted by atomic mass is 10.0. The maximum Gasteiger partial charge on any atom is 0.266 e. The molecule has 0 aliphatic rings. The molecule has 0 aliphatic heterocycles. The number of nitrogens with zero attached hydrogens (tertiary/aromatic N) is 1. The van der Waals surface area contributed by atoms with Gasteiger partial charge in [-0.3, -0.25) is 4.79 Å². The number of carbonyl (C=O) groups is 1. The third-order valence-electron chi connectivity index (χ3n) is 6.74. The van der Waals surface area contributed by atoms with Crippen LogP contribution in [0.25, 0.3) is 16.8 Å². The summed E-state index contributed by atoms with van der Waals surface area (Å²) in [4.78, 5) is 12.8. The highest BCUT2D eigenvalue weighted by Gasteiger charge is 2.11. The number of halogens is 2. The van der Waals surface area contributed by atoms with Crippen LogP contribution in [0.1, 0.15) is 22.3 Å². The molecule has 0 saturated carbocycles. The zero-order valence-electron chi connectivity index (χ0n) is 22.7. The summed E-state index contributed by atoms with van der Waals surface area (Å²) in [5.74, 6) is 0.793. The molecule has 5 aromatic carbocycles. The molecule has 0 radical (unpaired) electrons. The van der Waals surface area contributed by atoms with Gasteiger partial charge in [0.15, 0.2) is 0 Å². The first-order chi connectivity index (χ1) is 20.4. The Morgan fingerprint density at radius 2 is 1.55 bits per heavy atom. The molecule has 42 heavy (non-hydrogen) atoms. The predicted molar refractivity (Wildman–Crippen MR) is 169 cm³/mol. The number of hydrogen-bond acceptors (Lipinski definition) is 4. The first-order valence-corrected chi connectivity index (χ1v) is 14.0. The van der Waals surface area contributed by atoms with Crippen LogP contribution >= 0.6 is 23.2 Å². The second-order valence-corrected chi connectivity index (χ2v) is 10.5. The summed E-state index contributed by atoms with van der Waals surface area (Å²) in [6.07, 6.45) is 1.54. The zero-order valence-corrected chi connectivity index (χ0v) is 24.2. The fourth-order valence-corrected chi connectivity index (χ4v) is 4.86. The molecule has 0 bridgehead atoms. The highest BCUT2D eigenvalue weighted by atomic mass is 35.5. The average molecular weight is 594 g/mol. The van der Waals surface area contributed by atoms with Gasteiger partial charge in [0.1, 0.15) is 36.4 Å². The van der Waals surface area contributed by atoms with Gasteiger partial charge in [-0.2, -0.15) is 5.26 Å². The molecule has 1 amide bonds. The third kappa shape index (κ3) is 7.11. The lowest BCUT2D eigenvalue weighted by molar-refractivity contribution is -0.112. The van der Waals surface area contributed by atoms with Gasteiger partial charge in [-0.25, -0.2) is 0 Å². The fourth-order valence-electron chi connectivity index (χ4n) is 4.40. The van der Waals surface area contributed by atoms with Crippen LogP contribution in [0.4, 0.5) is 5.69 Å². The van der Waals surface area contributed by atoms with Gasteiger partial charge >= 0.3 is 0 Å². The van der Waals surface area contributed by atoms with E-state index in [4.69, 9.17) is 32.7 Å². The number of nitrogens with one attached hydrogen (secondary N) is 1. The molecule has 5 rings (SSSR count). The quantitative estimate of drug-likeness (QED) is 0.137. The van der Waals surface area contributed by atoms with E-state index < -0.39 is 5.91 Å². The van der Waals surface area contributed by atoms with Crippen LogP contribution in [-0.2, 0) is 18.0 Å². The summed E-state index contributed by atoms with van der Waals surface area (Å²) < 4.78 is 11.9. The Kier molecular flexibility index (Phi) is 9.08. The van der Waals surface area contributed by atoms with Crippen LogP contribution in [-0.4, -0.2) is 5.91 Å². The number of carbonyl (C=O) groups excluding carboxylic acids is 1. The summed E-state index contributed by atoms with van der Waals surface area (Å²) >= 11 is 12.1. The molecular formula is C35H26Cl2N2O3. The second kappa shape index (κ2) is 13.3. The van der Waals surface area contributed by atoms with Crippen molar-refractivity contribution in [2.45, 2.75) is 20.1 Å². The second-order valence-electron chi connectivity index (χ2n) is 9.61. The Morgan fingerprint density at radius 3 is 2.26 bits per heavy atom. The van der Waals surface area contributed by atoms with Crippen LogP contribution in [0.3, 0.4) is 0 Å². The topological polar surface area (TPSA) is 71.3 Å². The van der Waals surface area contributed by atoms with Crippen LogP contribution in [0.5, 0.6) is 11.5 Å². The predicted octanol–water partition coefficient (Wildman–Crippen LogP) is 9.16. The lowest BCUT2D eigenvalue weighted by Gasteiger charge is -2.12. The van der Waals surface area contributed by atoms with Crippen molar-refractivity contribution >= 4 is 51.6 Å². The Morgan fingerprint density at radius 1 is 0.857 bits per heavy atom. The maximum absolute atomic E-state index is 12.8. The molecule has 1 N–H and O–H groups in total. The number of nitriles is 1. The van der Waals surface area contributed by atoms with Gasteiger partial charge in [0.2, 0.25) is 0 Å². The Bertz CT molecular complexity index is 1810. The fraction of sp³-hybridized carbons (Fsp3) is 0.0857. The minimum absolute atomic E-state index is 0.0206. The van der Waals surface area contributed by atoms with Gasteiger partial charge in [0, 0.05) is 26.9 Å². The van der Waals surface area contributed by atoms with Crippen molar-refractivity contribution in [1.29, 1.82) is 5.26 Å². The molecule has 0 spiro atoms. The number of aryl methyl sites for hydroxylation is 1. The molecular weight excluding hydrogens is 567 g/mol. The standard InChI is InChI=1S/C35H26Cl2N2O3/c1-23-6-9-25-4-2-3-5-32(25)33(23)22-42-30-14-7-24(8-15-30)18-27(20-38)35(40)39-29-12-16-31(17-13-29)41-21-26-10-11-28(36)19-34(26)37/h2-19H,21-22H2,1H3,(H,39,40)/b27-18+. The Hall–Kier alpha value is -4.76. The van der Waals surface area contributed by atoms with E-state index in [0.29, 0.717) is 39.4 Å². The smallest absolute Gasteiger partial charge is 0.266 e. The zero-order chi connectivity index (χ0) is 29.5. The summed E-state index contributed by atoms with van der Waals surface area (Å²) in [6, 6.07) is 33.8. The van der Waals surface area contributed by atoms with Crippen LogP contribution < -0.4 is 14.8 Å². The van der Waals surface area contributed by atoms with Gasteiger partial charge in [-0.15, -0.1) is 0 Å². The van der Waals surface area contributed by atoms with Gasteiger partial charge in [-0.1, -0.05) is 77.8 Å². The average Bonchev–Trinajstić information content (AvgIpc) is 3.00. The van der Waals surface area contributed by atoms with E-state index in [9.17, 15) is 10.1 Å². The molecule has 208 valence electrons. The molecule has 0 heterocycles. The molecule has 0 atom stereocenters. The van der Waals surface area contributed by atoms with E-state index in [1.54, 1.807) is 42.5 Å². The van der Waals surface area contributed by atoms with E-state index in [1.807, 2.05) is 48.5 Å². The molecule has 0 unspecified atom stereocenters. The van der Waals surface area contributed by atoms with Crippen LogP contribution in [0.15, 0.2) is 109 Å². The summed E-state index contributed by atoms with van der Waals surface area (Å²) in [5, 5.41) is 15.8. The lowest BCUT2D eigenvalue weighted by Crippen LogP contribution is -2.13. The van der Waals surface area contributed by atoms with Crippen molar-refractivity contribution in [3.63, 3.8) is 0 Å². The summed E-state index contributed by atoms with van der Waals surface area (Å²) in [5.41, 5.74) is 4.34. The summed E-state index contributed by atoms with van der Waals surface area (Å²) in [7, 11) is 0. The minimum Gasteiger partial charge on any atom is -0.489 e. The van der Waals surface area contributed by atoms with Gasteiger partial charge in [0.05, 0.1) is 0 Å². The molecule has 0 aliphatic carbocycles. The molecule has 7 heteroatoms. The molecule has 0 aromatic heterocycles. The van der Waals surface area contributed by atoms with E-state index in [-0.39, 0.29) is 12.2 Å².